The summed E-state index contributed by atoms with van der Waals surface area (Å²) < 4.78 is 43.3. The lowest BCUT2D eigenvalue weighted by Gasteiger charge is -2.13. The SMILES string of the molecule is C=C(c1cn(C)c2ccc(Nc3nccc(-n4cc(CN5CCCC5)c(C)n4)n3)cc12)C(F)(F)F. The van der Waals surface area contributed by atoms with E-state index in [0.29, 0.717) is 28.4 Å². The Kier molecular flexibility index (Phi) is 5.84. The molecule has 1 aliphatic rings. The number of nitrogens with zero attached hydrogens (tertiary/aromatic N) is 6. The summed E-state index contributed by atoms with van der Waals surface area (Å²) in [6, 6.07) is 6.97. The zero-order valence-electron chi connectivity index (χ0n) is 19.6. The van der Waals surface area contributed by atoms with E-state index in [1.165, 1.54) is 19.0 Å². The van der Waals surface area contributed by atoms with Gasteiger partial charge < -0.3 is 9.88 Å². The maximum absolute atomic E-state index is 13.3. The van der Waals surface area contributed by atoms with Gasteiger partial charge in [-0.15, -0.1) is 0 Å². The average molecular weight is 482 g/mol. The topological polar surface area (TPSA) is 63.8 Å². The van der Waals surface area contributed by atoms with E-state index in [1.54, 1.807) is 46.8 Å². The highest BCUT2D eigenvalue weighted by atomic mass is 19.4. The van der Waals surface area contributed by atoms with Crippen LogP contribution in [-0.4, -0.2) is 48.5 Å². The van der Waals surface area contributed by atoms with Gasteiger partial charge in [0, 0.05) is 66.0 Å². The summed E-state index contributed by atoms with van der Waals surface area (Å²) in [5.74, 6) is 0.924. The van der Waals surface area contributed by atoms with Gasteiger partial charge in [0.05, 0.1) is 11.3 Å². The van der Waals surface area contributed by atoms with Crippen LogP contribution in [0.1, 0.15) is 29.7 Å². The number of hydrogen-bond donors (Lipinski definition) is 1. The first-order valence-corrected chi connectivity index (χ1v) is 11.4. The summed E-state index contributed by atoms with van der Waals surface area (Å²) >= 11 is 0. The molecular weight excluding hydrogens is 455 g/mol. The molecule has 4 aromatic rings. The van der Waals surface area contributed by atoms with Gasteiger partial charge in [0.1, 0.15) is 0 Å². The van der Waals surface area contributed by atoms with Gasteiger partial charge in [0.15, 0.2) is 5.82 Å². The maximum Gasteiger partial charge on any atom is 0.416 e. The molecule has 1 N–H and O–H groups in total. The minimum absolute atomic E-state index is 0.0471. The second kappa shape index (κ2) is 8.84. The van der Waals surface area contributed by atoms with Crippen LogP contribution in [0.25, 0.3) is 22.3 Å². The number of aryl methyl sites for hydroxylation is 2. The number of alkyl halides is 3. The number of hydrogen-bond acceptors (Lipinski definition) is 5. The molecule has 3 aromatic heterocycles. The van der Waals surface area contributed by atoms with E-state index in [4.69, 9.17) is 0 Å². The fourth-order valence-corrected chi connectivity index (χ4v) is 4.48. The molecule has 0 bridgehead atoms. The molecule has 1 aliphatic heterocycles. The zero-order valence-corrected chi connectivity index (χ0v) is 19.6. The number of rotatable bonds is 6. The molecule has 5 rings (SSSR count). The monoisotopic (exact) mass is 481 g/mol. The summed E-state index contributed by atoms with van der Waals surface area (Å²) in [5, 5.41) is 8.18. The fourth-order valence-electron chi connectivity index (χ4n) is 4.48. The molecule has 4 heterocycles. The van der Waals surface area contributed by atoms with Gasteiger partial charge in [-0.1, -0.05) is 6.58 Å². The van der Waals surface area contributed by atoms with Gasteiger partial charge in [-0.25, -0.2) is 9.67 Å². The first-order chi connectivity index (χ1) is 16.7. The lowest BCUT2D eigenvalue weighted by Crippen LogP contribution is -2.18. The van der Waals surface area contributed by atoms with Crippen LogP contribution in [0.5, 0.6) is 0 Å². The number of aromatic nitrogens is 5. The third-order valence-corrected chi connectivity index (χ3v) is 6.38. The van der Waals surface area contributed by atoms with Crippen molar-refractivity contribution in [1.82, 2.24) is 29.2 Å². The molecule has 0 aliphatic carbocycles. The highest BCUT2D eigenvalue weighted by Gasteiger charge is 2.34. The van der Waals surface area contributed by atoms with Crippen LogP contribution in [-0.2, 0) is 13.6 Å². The van der Waals surface area contributed by atoms with Gasteiger partial charge in [-0.3, -0.25) is 4.90 Å². The Balaban J connectivity index is 1.41. The van der Waals surface area contributed by atoms with Gasteiger partial charge in [-0.05, 0) is 51.1 Å². The van der Waals surface area contributed by atoms with E-state index in [2.05, 4.69) is 31.9 Å². The van der Waals surface area contributed by atoms with E-state index in [9.17, 15) is 13.2 Å². The molecular formula is C25H26F3N7. The molecule has 10 heteroatoms. The van der Waals surface area contributed by atoms with Crippen LogP contribution in [0.4, 0.5) is 24.8 Å². The molecule has 0 spiro atoms. The second-order valence-electron chi connectivity index (χ2n) is 8.89. The van der Waals surface area contributed by atoms with Gasteiger partial charge in [0.2, 0.25) is 5.95 Å². The van der Waals surface area contributed by atoms with Crippen molar-refractivity contribution < 1.29 is 13.2 Å². The van der Waals surface area contributed by atoms with Crippen molar-refractivity contribution in [3.8, 4) is 5.82 Å². The molecule has 0 unspecified atom stereocenters. The van der Waals surface area contributed by atoms with E-state index in [0.717, 1.165) is 30.9 Å². The number of likely N-dealkylation sites (tertiary alicyclic amines) is 1. The van der Waals surface area contributed by atoms with Crippen molar-refractivity contribution in [2.24, 2.45) is 7.05 Å². The van der Waals surface area contributed by atoms with Gasteiger partial charge in [0.25, 0.3) is 0 Å². The van der Waals surface area contributed by atoms with Crippen LogP contribution in [0.3, 0.4) is 0 Å². The Hall–Kier alpha value is -3.66. The standard InChI is InChI=1S/C25H26F3N7/c1-16(25(26,27)28)21-15-33(3)22-7-6-19(12-20(21)22)30-24-29-9-8-23(31-24)35-14-18(17(2)32-35)13-34-10-4-5-11-34/h6-9,12,14-15H,1,4-5,10-11,13H2,2-3H3,(H,29,30,31). The third kappa shape index (κ3) is 4.66. The molecule has 0 saturated carbocycles. The quantitative estimate of drug-likeness (QED) is 0.401. The maximum atomic E-state index is 13.3. The van der Waals surface area contributed by atoms with Gasteiger partial charge >= 0.3 is 6.18 Å². The molecule has 1 aromatic carbocycles. The lowest BCUT2D eigenvalue weighted by molar-refractivity contribution is -0.0685. The number of benzene rings is 1. The van der Waals surface area contributed by atoms with Crippen molar-refractivity contribution in [2.45, 2.75) is 32.5 Å². The van der Waals surface area contributed by atoms with E-state index in [1.807, 2.05) is 13.1 Å². The molecule has 35 heavy (non-hydrogen) atoms. The largest absolute Gasteiger partial charge is 0.416 e. The summed E-state index contributed by atoms with van der Waals surface area (Å²) in [7, 11) is 1.71. The first kappa shape index (κ1) is 23.1. The minimum atomic E-state index is -4.51. The van der Waals surface area contributed by atoms with Crippen molar-refractivity contribution in [3.63, 3.8) is 0 Å². The summed E-state index contributed by atoms with van der Waals surface area (Å²) in [5.41, 5.74) is 2.53. The van der Waals surface area contributed by atoms with Crippen LogP contribution in [0.2, 0.25) is 0 Å². The molecule has 0 atom stereocenters. The Morgan fingerprint density at radius 2 is 1.91 bits per heavy atom. The van der Waals surface area contributed by atoms with Crippen LogP contribution >= 0.6 is 0 Å². The zero-order chi connectivity index (χ0) is 24.7. The molecule has 7 nitrogen and oxygen atoms in total. The Morgan fingerprint density at radius 3 is 2.66 bits per heavy atom. The molecule has 0 amide bonds. The van der Waals surface area contributed by atoms with Crippen molar-refractivity contribution in [1.29, 1.82) is 0 Å². The number of halogens is 3. The van der Waals surface area contributed by atoms with Crippen LogP contribution in [0, 0.1) is 6.92 Å². The Morgan fingerprint density at radius 1 is 1.14 bits per heavy atom. The third-order valence-electron chi connectivity index (χ3n) is 6.38. The van der Waals surface area contributed by atoms with Crippen molar-refractivity contribution >= 4 is 28.1 Å². The number of allylic oxidation sites excluding steroid dienone is 1. The Labute approximate surface area is 200 Å². The van der Waals surface area contributed by atoms with Crippen LogP contribution in [0.15, 0.2) is 49.4 Å². The van der Waals surface area contributed by atoms with E-state index >= 15 is 0 Å². The normalized spacial score (nSPS) is 14.7. The van der Waals surface area contributed by atoms with E-state index in [-0.39, 0.29) is 5.56 Å². The molecule has 182 valence electrons. The fraction of sp³-hybridized carbons (Fsp3) is 0.320. The van der Waals surface area contributed by atoms with Crippen LogP contribution < -0.4 is 5.32 Å². The molecule has 1 saturated heterocycles. The minimum Gasteiger partial charge on any atom is -0.350 e. The number of nitrogens with one attached hydrogen (secondary N) is 1. The smallest absolute Gasteiger partial charge is 0.350 e. The predicted octanol–water partition coefficient (Wildman–Crippen LogP) is 5.38. The number of fused-ring (bicyclic) bond motifs is 1. The highest BCUT2D eigenvalue weighted by Crippen LogP contribution is 2.37. The highest BCUT2D eigenvalue weighted by molar-refractivity contribution is 5.95. The summed E-state index contributed by atoms with van der Waals surface area (Å²) in [4.78, 5) is 11.3. The molecule has 1 fully saturated rings. The van der Waals surface area contributed by atoms with E-state index < -0.39 is 11.7 Å². The summed E-state index contributed by atoms with van der Waals surface area (Å²) in [6.45, 7) is 8.33. The summed E-state index contributed by atoms with van der Waals surface area (Å²) in [6.07, 6.45) is 3.01. The first-order valence-electron chi connectivity index (χ1n) is 11.4. The average Bonchev–Trinajstić information content (AvgIpc) is 3.53. The lowest BCUT2D eigenvalue weighted by atomic mass is 10.1. The second-order valence-corrected chi connectivity index (χ2v) is 8.89. The van der Waals surface area contributed by atoms with Crippen molar-refractivity contribution in [3.05, 3.63) is 66.3 Å². The van der Waals surface area contributed by atoms with Gasteiger partial charge in [-0.2, -0.15) is 23.3 Å². The Bertz CT molecular complexity index is 1390. The number of anilines is 2. The molecule has 0 radical (unpaired) electrons. The van der Waals surface area contributed by atoms with Crippen molar-refractivity contribution in [2.75, 3.05) is 18.4 Å². The predicted molar refractivity (Wildman–Crippen MR) is 130 cm³/mol.